The third-order valence-corrected chi connectivity index (χ3v) is 4.34. The lowest BCUT2D eigenvalue weighted by Crippen LogP contribution is -2.33. The van der Waals surface area contributed by atoms with E-state index in [1.165, 1.54) is 6.20 Å². The van der Waals surface area contributed by atoms with Gasteiger partial charge in [0.1, 0.15) is 5.82 Å². The minimum absolute atomic E-state index is 0.0595. The number of halogens is 3. The van der Waals surface area contributed by atoms with Crippen molar-refractivity contribution in [1.82, 2.24) is 15.3 Å². The Morgan fingerprint density at radius 2 is 2.04 bits per heavy atom. The average Bonchev–Trinajstić information content (AvgIpc) is 3.24. The number of ether oxygens (including phenoxy) is 2. The topological polar surface area (TPSA) is 68.3 Å². The van der Waals surface area contributed by atoms with Crippen LogP contribution in [0.5, 0.6) is 6.01 Å². The quantitative estimate of drug-likeness (QED) is 0.848. The molecule has 0 amide bonds. The normalized spacial score (nSPS) is 24.7. The summed E-state index contributed by atoms with van der Waals surface area (Å²) in [7, 11) is 0. The van der Waals surface area contributed by atoms with Crippen LogP contribution in [0.2, 0.25) is 0 Å². The number of nitrogens with zero attached hydrogens (tertiary/aromatic N) is 2. The number of alkyl halides is 3. The average molecular weight is 366 g/mol. The van der Waals surface area contributed by atoms with Gasteiger partial charge in [-0.2, -0.15) is 18.2 Å². The van der Waals surface area contributed by atoms with Crippen molar-refractivity contribution in [2.24, 2.45) is 0 Å². The summed E-state index contributed by atoms with van der Waals surface area (Å²) < 4.78 is 47.1. The number of hydrogen-bond donors (Lipinski definition) is 2. The van der Waals surface area contributed by atoms with E-state index >= 15 is 0 Å². The van der Waals surface area contributed by atoms with Gasteiger partial charge in [0.2, 0.25) is 0 Å². The Labute approximate surface area is 147 Å². The zero-order chi connectivity index (χ0) is 18.1. The summed E-state index contributed by atoms with van der Waals surface area (Å²) in [4.78, 5) is 7.60. The van der Waals surface area contributed by atoms with Gasteiger partial charge >= 0.3 is 12.2 Å². The highest BCUT2D eigenvalue weighted by Crippen LogP contribution is 2.37. The van der Waals surface area contributed by atoms with E-state index in [1.807, 2.05) is 24.3 Å². The summed E-state index contributed by atoms with van der Waals surface area (Å²) in [6.45, 7) is -0.518. The first-order valence-electron chi connectivity index (χ1n) is 8.25. The first-order valence-corrected chi connectivity index (χ1v) is 8.25. The highest BCUT2D eigenvalue weighted by Gasteiger charge is 2.41. The maximum Gasteiger partial charge on any atom is 0.422 e. The molecule has 2 aromatic rings. The van der Waals surface area contributed by atoms with Crippen molar-refractivity contribution >= 4 is 11.5 Å². The van der Waals surface area contributed by atoms with Crippen molar-refractivity contribution in [2.45, 2.75) is 30.8 Å². The van der Waals surface area contributed by atoms with Crippen molar-refractivity contribution in [3.63, 3.8) is 0 Å². The van der Waals surface area contributed by atoms with Crippen LogP contribution in [0.15, 0.2) is 36.5 Å². The minimum Gasteiger partial charge on any atom is -0.454 e. The largest absolute Gasteiger partial charge is 0.454 e. The van der Waals surface area contributed by atoms with Crippen LogP contribution in [0, 0.1) is 0 Å². The summed E-state index contributed by atoms with van der Waals surface area (Å²) in [5.74, 6) is 0.350. The van der Waals surface area contributed by atoms with Gasteiger partial charge in [-0.3, -0.25) is 0 Å². The zero-order valence-electron chi connectivity index (χ0n) is 13.7. The molecule has 1 aromatic carbocycles. The van der Waals surface area contributed by atoms with Crippen molar-refractivity contribution in [3.05, 3.63) is 42.1 Å². The minimum atomic E-state index is -4.43. The van der Waals surface area contributed by atoms with Crippen LogP contribution in [0.4, 0.5) is 24.7 Å². The Bertz CT molecular complexity index is 769. The summed E-state index contributed by atoms with van der Waals surface area (Å²) in [5, 5.41) is 6.46. The number of fused-ring (bicyclic) bond motifs is 2. The summed E-state index contributed by atoms with van der Waals surface area (Å²) >= 11 is 0. The third kappa shape index (κ3) is 3.88. The molecule has 0 saturated carbocycles. The fraction of sp³-hybridized carbons (Fsp3) is 0.412. The molecule has 3 heterocycles. The molecular formula is C17H17F3N4O2. The second kappa shape index (κ2) is 6.73. The maximum absolute atomic E-state index is 12.2. The lowest BCUT2D eigenvalue weighted by molar-refractivity contribution is -0.154. The smallest absolute Gasteiger partial charge is 0.422 e. The van der Waals surface area contributed by atoms with Crippen LogP contribution >= 0.6 is 0 Å². The second-order valence-corrected chi connectivity index (χ2v) is 6.30. The molecule has 0 unspecified atom stereocenters. The predicted octanol–water partition coefficient (Wildman–Crippen LogP) is 2.96. The highest BCUT2D eigenvalue weighted by molar-refractivity contribution is 5.56. The van der Waals surface area contributed by atoms with Crippen LogP contribution in [-0.2, 0) is 4.74 Å². The number of rotatable bonds is 5. The molecule has 0 aliphatic carbocycles. The SMILES string of the molecule is FC(F)(F)COc1nccc(Nc2ccc([C@@H]3O[C@H]4CN[C@@H]3C4)cc2)n1. The van der Waals surface area contributed by atoms with Gasteiger partial charge in [0.15, 0.2) is 6.61 Å². The molecule has 0 spiro atoms. The molecule has 2 aliphatic heterocycles. The Morgan fingerprint density at radius 1 is 1.23 bits per heavy atom. The molecule has 1 aromatic heterocycles. The van der Waals surface area contributed by atoms with Gasteiger partial charge in [-0.25, -0.2) is 4.98 Å². The molecule has 138 valence electrons. The fourth-order valence-electron chi connectivity index (χ4n) is 3.21. The lowest BCUT2D eigenvalue weighted by atomic mass is 10.0. The van der Waals surface area contributed by atoms with Gasteiger partial charge in [-0.15, -0.1) is 0 Å². The van der Waals surface area contributed by atoms with Crippen LogP contribution in [-0.4, -0.2) is 41.4 Å². The van der Waals surface area contributed by atoms with Crippen LogP contribution in [0.25, 0.3) is 0 Å². The second-order valence-electron chi connectivity index (χ2n) is 6.30. The van der Waals surface area contributed by atoms with Gasteiger partial charge in [-0.1, -0.05) is 12.1 Å². The van der Waals surface area contributed by atoms with Gasteiger partial charge in [-0.05, 0) is 30.2 Å². The standard InChI is InChI=1S/C17H17F3N4O2/c18-17(19,20)9-25-16-21-6-5-14(24-16)23-11-3-1-10(2-4-11)15-13-7-12(26-15)8-22-13/h1-6,12-13,15,22H,7-9H2,(H,21,23,24)/t12-,13-,15+/m1/s1. The number of aromatic nitrogens is 2. The van der Waals surface area contributed by atoms with E-state index in [1.54, 1.807) is 6.07 Å². The Morgan fingerprint density at radius 3 is 2.69 bits per heavy atom. The molecule has 9 heteroatoms. The van der Waals surface area contributed by atoms with Gasteiger partial charge in [0.25, 0.3) is 0 Å². The third-order valence-electron chi connectivity index (χ3n) is 4.34. The molecule has 0 radical (unpaired) electrons. The summed E-state index contributed by atoms with van der Waals surface area (Å²) in [5.41, 5.74) is 1.84. The van der Waals surface area contributed by atoms with E-state index in [4.69, 9.17) is 4.74 Å². The Kier molecular flexibility index (Phi) is 4.41. The van der Waals surface area contributed by atoms with Crippen molar-refractivity contribution in [2.75, 3.05) is 18.5 Å². The predicted molar refractivity (Wildman–Crippen MR) is 87.3 cm³/mol. The molecule has 4 rings (SSSR count). The first kappa shape index (κ1) is 17.0. The molecule has 2 N–H and O–H groups in total. The molecule has 3 atom stereocenters. The van der Waals surface area contributed by atoms with Crippen molar-refractivity contribution < 1.29 is 22.6 Å². The van der Waals surface area contributed by atoms with Crippen molar-refractivity contribution in [1.29, 1.82) is 0 Å². The highest BCUT2D eigenvalue weighted by atomic mass is 19.4. The molecule has 2 saturated heterocycles. The monoisotopic (exact) mass is 366 g/mol. The first-order chi connectivity index (χ1) is 12.5. The van der Waals surface area contributed by atoms with E-state index < -0.39 is 12.8 Å². The zero-order valence-corrected chi connectivity index (χ0v) is 13.7. The molecule has 2 fully saturated rings. The number of hydrogen-bond acceptors (Lipinski definition) is 6. The molecule has 6 nitrogen and oxygen atoms in total. The van der Waals surface area contributed by atoms with Crippen molar-refractivity contribution in [3.8, 4) is 6.01 Å². The Hall–Kier alpha value is -2.39. The van der Waals surface area contributed by atoms with E-state index in [9.17, 15) is 13.2 Å². The van der Waals surface area contributed by atoms with E-state index in [0.717, 1.165) is 24.2 Å². The van der Waals surface area contributed by atoms with Gasteiger partial charge in [0.05, 0.1) is 12.2 Å². The molecular weight excluding hydrogens is 349 g/mol. The van der Waals surface area contributed by atoms with E-state index in [2.05, 4.69) is 25.3 Å². The van der Waals surface area contributed by atoms with Gasteiger partial charge < -0.3 is 20.1 Å². The van der Waals surface area contributed by atoms with Gasteiger partial charge in [0, 0.05) is 24.5 Å². The molecule has 2 bridgehead atoms. The number of benzene rings is 1. The van der Waals surface area contributed by atoms with E-state index in [-0.39, 0.29) is 12.1 Å². The van der Waals surface area contributed by atoms with E-state index in [0.29, 0.717) is 18.0 Å². The molecule has 26 heavy (non-hydrogen) atoms. The molecule has 2 aliphatic rings. The number of morpholine rings is 1. The van der Waals surface area contributed by atoms with Crippen LogP contribution in [0.3, 0.4) is 0 Å². The fourth-order valence-corrected chi connectivity index (χ4v) is 3.21. The van der Waals surface area contributed by atoms with Crippen LogP contribution in [0.1, 0.15) is 18.1 Å². The maximum atomic E-state index is 12.2. The number of anilines is 2. The summed E-state index contributed by atoms with van der Waals surface area (Å²) in [6.07, 6.45) is -1.71. The lowest BCUT2D eigenvalue weighted by Gasteiger charge is -2.23. The van der Waals surface area contributed by atoms with Crippen LogP contribution < -0.4 is 15.4 Å². The number of nitrogens with one attached hydrogen (secondary N) is 2. The summed E-state index contributed by atoms with van der Waals surface area (Å²) in [6, 6.07) is 9.28. The Balaban J connectivity index is 1.40.